The van der Waals surface area contributed by atoms with Gasteiger partial charge in [-0.2, -0.15) is 0 Å². The second-order valence-corrected chi connectivity index (χ2v) is 4.56. The molecular formula is C12H11N3O2S. The van der Waals surface area contributed by atoms with Crippen LogP contribution in [0.1, 0.15) is 0 Å². The van der Waals surface area contributed by atoms with Crippen LogP contribution in [0.5, 0.6) is 0 Å². The molecule has 0 unspecified atom stereocenters. The van der Waals surface area contributed by atoms with Crippen molar-refractivity contribution in [2.75, 3.05) is 12.4 Å². The van der Waals surface area contributed by atoms with Crippen molar-refractivity contribution in [3.05, 3.63) is 52.6 Å². The smallest absolute Gasteiger partial charge is 0.275 e. The van der Waals surface area contributed by atoms with Crippen LogP contribution in [0.3, 0.4) is 0 Å². The van der Waals surface area contributed by atoms with Crippen LogP contribution >= 0.6 is 11.8 Å². The molecule has 6 heteroatoms. The van der Waals surface area contributed by atoms with Crippen LogP contribution in [0.4, 0.5) is 11.5 Å². The van der Waals surface area contributed by atoms with Crippen LogP contribution in [0, 0.1) is 10.1 Å². The molecule has 2 aromatic rings. The number of nitrogens with one attached hydrogen (secondary N) is 1. The van der Waals surface area contributed by atoms with Crippen molar-refractivity contribution >= 4 is 23.3 Å². The van der Waals surface area contributed by atoms with Crippen LogP contribution in [-0.2, 0) is 0 Å². The Balaban J connectivity index is 2.32. The van der Waals surface area contributed by atoms with Gasteiger partial charge in [0.25, 0.3) is 5.69 Å². The molecular weight excluding hydrogens is 250 g/mol. The molecule has 1 N–H and O–H groups in total. The molecule has 0 spiro atoms. The van der Waals surface area contributed by atoms with E-state index in [4.69, 9.17) is 0 Å². The van der Waals surface area contributed by atoms with E-state index in [0.717, 1.165) is 4.90 Å². The Morgan fingerprint density at radius 1 is 1.28 bits per heavy atom. The molecule has 0 aliphatic heterocycles. The average molecular weight is 261 g/mol. The lowest BCUT2D eigenvalue weighted by Crippen LogP contribution is -1.96. The van der Waals surface area contributed by atoms with E-state index in [1.165, 1.54) is 23.9 Å². The third-order valence-corrected chi connectivity index (χ3v) is 3.15. The molecule has 0 fully saturated rings. The molecule has 92 valence electrons. The first-order valence-corrected chi connectivity index (χ1v) is 6.08. The highest BCUT2D eigenvalue weighted by atomic mass is 32.2. The average Bonchev–Trinajstić information content (AvgIpc) is 2.39. The largest absolute Gasteiger partial charge is 0.373 e. The number of anilines is 1. The number of benzene rings is 1. The van der Waals surface area contributed by atoms with Gasteiger partial charge in [-0.05, 0) is 12.1 Å². The van der Waals surface area contributed by atoms with Gasteiger partial charge in [0.15, 0.2) is 0 Å². The van der Waals surface area contributed by atoms with Crippen LogP contribution in [0.25, 0.3) is 0 Å². The predicted molar refractivity (Wildman–Crippen MR) is 71.0 cm³/mol. The second-order valence-electron chi connectivity index (χ2n) is 3.47. The minimum atomic E-state index is -0.419. The van der Waals surface area contributed by atoms with Crippen molar-refractivity contribution in [1.29, 1.82) is 0 Å². The van der Waals surface area contributed by atoms with Crippen molar-refractivity contribution in [2.45, 2.75) is 9.92 Å². The van der Waals surface area contributed by atoms with E-state index in [0.29, 0.717) is 10.8 Å². The first kappa shape index (κ1) is 12.4. The number of pyridine rings is 1. The number of hydrogen-bond acceptors (Lipinski definition) is 5. The normalized spacial score (nSPS) is 10.1. The zero-order chi connectivity index (χ0) is 13.0. The summed E-state index contributed by atoms with van der Waals surface area (Å²) in [4.78, 5) is 15.7. The molecule has 0 saturated carbocycles. The third kappa shape index (κ3) is 2.98. The summed E-state index contributed by atoms with van der Waals surface area (Å²) >= 11 is 1.39. The minimum absolute atomic E-state index is 0.0350. The SMILES string of the molecule is CNc1cc([N+](=O)[O-])cc(Sc2ccccc2)n1. The van der Waals surface area contributed by atoms with Crippen LogP contribution in [0.2, 0.25) is 0 Å². The van der Waals surface area contributed by atoms with Gasteiger partial charge in [0.2, 0.25) is 0 Å². The van der Waals surface area contributed by atoms with E-state index in [1.54, 1.807) is 7.05 Å². The Bertz CT molecular complexity index is 561. The quantitative estimate of drug-likeness (QED) is 0.676. The van der Waals surface area contributed by atoms with E-state index in [2.05, 4.69) is 10.3 Å². The van der Waals surface area contributed by atoms with E-state index < -0.39 is 4.92 Å². The molecule has 5 nitrogen and oxygen atoms in total. The fraction of sp³-hybridized carbons (Fsp3) is 0.0833. The second kappa shape index (κ2) is 5.50. The highest BCUT2D eigenvalue weighted by Gasteiger charge is 2.11. The monoisotopic (exact) mass is 261 g/mol. The summed E-state index contributed by atoms with van der Waals surface area (Å²) in [7, 11) is 1.68. The number of hydrogen-bond donors (Lipinski definition) is 1. The lowest BCUT2D eigenvalue weighted by atomic mass is 10.4. The number of nitro groups is 1. The van der Waals surface area contributed by atoms with Gasteiger partial charge in [0.05, 0.1) is 11.0 Å². The lowest BCUT2D eigenvalue weighted by molar-refractivity contribution is -0.385. The summed E-state index contributed by atoms with van der Waals surface area (Å²) < 4.78 is 0. The molecule has 0 aliphatic carbocycles. The summed E-state index contributed by atoms with van der Waals surface area (Å²) in [6, 6.07) is 12.5. The first-order chi connectivity index (χ1) is 8.69. The van der Waals surface area contributed by atoms with Gasteiger partial charge in [-0.3, -0.25) is 10.1 Å². The van der Waals surface area contributed by atoms with Gasteiger partial charge >= 0.3 is 0 Å². The number of nitrogens with zero attached hydrogens (tertiary/aromatic N) is 2. The zero-order valence-electron chi connectivity index (χ0n) is 9.66. The Kier molecular flexibility index (Phi) is 3.78. The van der Waals surface area contributed by atoms with Gasteiger partial charge in [-0.15, -0.1) is 0 Å². The molecule has 0 radical (unpaired) electrons. The van der Waals surface area contributed by atoms with E-state index >= 15 is 0 Å². The maximum absolute atomic E-state index is 10.8. The first-order valence-electron chi connectivity index (χ1n) is 5.26. The molecule has 1 aromatic carbocycles. The predicted octanol–water partition coefficient (Wildman–Crippen LogP) is 3.18. The fourth-order valence-corrected chi connectivity index (χ4v) is 2.24. The molecule has 0 atom stereocenters. The maximum Gasteiger partial charge on any atom is 0.275 e. The summed E-state index contributed by atoms with van der Waals surface area (Å²) in [5.74, 6) is 0.489. The van der Waals surface area contributed by atoms with Crippen LogP contribution < -0.4 is 5.32 Å². The Morgan fingerprint density at radius 3 is 2.61 bits per heavy atom. The minimum Gasteiger partial charge on any atom is -0.373 e. The molecule has 0 aliphatic rings. The highest BCUT2D eigenvalue weighted by molar-refractivity contribution is 7.99. The molecule has 1 heterocycles. The molecule has 1 aromatic heterocycles. The third-order valence-electron chi connectivity index (χ3n) is 2.22. The van der Waals surface area contributed by atoms with Gasteiger partial charge < -0.3 is 5.32 Å². The van der Waals surface area contributed by atoms with Gasteiger partial charge in [0, 0.05) is 18.0 Å². The highest BCUT2D eigenvalue weighted by Crippen LogP contribution is 2.29. The summed E-state index contributed by atoms with van der Waals surface area (Å²) in [6.45, 7) is 0. The summed E-state index contributed by atoms with van der Waals surface area (Å²) in [5.41, 5.74) is 0.0350. The van der Waals surface area contributed by atoms with Crippen molar-refractivity contribution in [1.82, 2.24) is 4.98 Å². The van der Waals surface area contributed by atoms with Crippen molar-refractivity contribution in [3.63, 3.8) is 0 Å². The van der Waals surface area contributed by atoms with Crippen LogP contribution in [-0.4, -0.2) is 17.0 Å². The Labute approximate surface area is 108 Å². The number of aromatic nitrogens is 1. The van der Waals surface area contributed by atoms with Crippen LogP contribution in [0.15, 0.2) is 52.4 Å². The fourth-order valence-electron chi connectivity index (χ4n) is 1.39. The molecule has 2 rings (SSSR count). The van der Waals surface area contributed by atoms with E-state index in [9.17, 15) is 10.1 Å². The molecule has 0 amide bonds. The van der Waals surface area contributed by atoms with Gasteiger partial charge in [-0.1, -0.05) is 30.0 Å². The lowest BCUT2D eigenvalue weighted by Gasteiger charge is -2.04. The Morgan fingerprint density at radius 2 is 2.00 bits per heavy atom. The van der Waals surface area contributed by atoms with E-state index in [-0.39, 0.29) is 5.69 Å². The zero-order valence-corrected chi connectivity index (χ0v) is 10.5. The van der Waals surface area contributed by atoms with Crippen molar-refractivity contribution in [2.24, 2.45) is 0 Å². The van der Waals surface area contributed by atoms with E-state index in [1.807, 2.05) is 30.3 Å². The molecule has 18 heavy (non-hydrogen) atoms. The summed E-state index contributed by atoms with van der Waals surface area (Å²) in [5, 5.41) is 14.2. The maximum atomic E-state index is 10.8. The Hall–Kier alpha value is -2.08. The topological polar surface area (TPSA) is 68.1 Å². The summed E-state index contributed by atoms with van der Waals surface area (Å²) in [6.07, 6.45) is 0. The van der Waals surface area contributed by atoms with Crippen molar-refractivity contribution in [3.8, 4) is 0 Å². The number of rotatable bonds is 4. The molecule has 0 bridgehead atoms. The van der Waals surface area contributed by atoms with Gasteiger partial charge in [-0.25, -0.2) is 4.98 Å². The molecule has 0 saturated heterocycles. The van der Waals surface area contributed by atoms with Gasteiger partial charge in [0.1, 0.15) is 10.8 Å². The van der Waals surface area contributed by atoms with Crippen molar-refractivity contribution < 1.29 is 4.92 Å². The standard InChI is InChI=1S/C12H11N3O2S/c1-13-11-7-9(15(16)17)8-12(14-11)18-10-5-3-2-4-6-10/h2-8H,1H3,(H,13,14).